The monoisotopic (exact) mass is 1880 g/mol. The molecule has 1 aromatic carbocycles. The summed E-state index contributed by atoms with van der Waals surface area (Å²) in [5.41, 5.74) is 5.20. The van der Waals surface area contributed by atoms with Gasteiger partial charge in [0.15, 0.2) is 0 Å². The smallest absolute Gasteiger partial charge is 0.252 e. The minimum Gasteiger partial charge on any atom is -0.360 e. The Hall–Kier alpha value is 8.14. The lowest BCUT2D eigenvalue weighted by molar-refractivity contribution is -0.0662. The van der Waals surface area contributed by atoms with Gasteiger partial charge in [0.1, 0.15) is 0 Å². The van der Waals surface area contributed by atoms with E-state index in [2.05, 4.69) is 63.1 Å². The number of carbonyl (C=O) groups excluding carboxylic acids is 1. The average Bonchev–Trinajstić information content (AvgIpc) is 3.85. The third-order valence-corrected chi connectivity index (χ3v) is 105. The van der Waals surface area contributed by atoms with Crippen molar-refractivity contribution in [1.82, 2.24) is 10.3 Å². The van der Waals surface area contributed by atoms with E-state index in [-0.39, 0.29) is 22.5 Å². The Labute approximate surface area is 575 Å². The van der Waals surface area contributed by atoms with E-state index in [1.165, 1.54) is 34.5 Å². The van der Waals surface area contributed by atoms with Crippen molar-refractivity contribution < 1.29 is 9.53 Å². The number of fused-ring (bicyclic) bond motifs is 5. The highest BCUT2D eigenvalue weighted by atomic mass is 33.5. The van der Waals surface area contributed by atoms with Crippen molar-refractivity contribution in [3.05, 3.63) is 64.5 Å². The minimum absolute atomic E-state index is 0.0144. The molecule has 2 atom stereocenters. The van der Waals surface area contributed by atoms with Crippen molar-refractivity contribution in [2.45, 2.75) is 70.5 Å². The molecule has 75 heavy (non-hydrogen) atoms. The number of nitrogens with zero attached hydrogens (tertiary/aromatic N) is 1. The number of rotatable bonds is 4. The van der Waals surface area contributed by atoms with Crippen LogP contribution in [-0.4, -0.2) is 17.4 Å². The van der Waals surface area contributed by atoms with E-state index in [1.807, 2.05) is 287 Å². The van der Waals surface area contributed by atoms with Crippen molar-refractivity contribution in [3.63, 3.8) is 0 Å². The second-order valence-corrected chi connectivity index (χ2v) is 92.3. The molecule has 1 amide bonds. The molecule has 4 rings (SSSR count). The fourth-order valence-electron chi connectivity index (χ4n) is 4.98. The number of ether oxygens (including phenoxy) is 1. The maximum Gasteiger partial charge on any atom is 0.252 e. The number of nitrogens with one attached hydrogen (secondary N) is 1. The number of hydrogen-bond acceptors (Lipinski definition) is 5. The zero-order chi connectivity index (χ0) is 54.0. The first-order valence-electron chi connectivity index (χ1n) is 17.9. The molecular formula is C24H30N2O2S47. The van der Waals surface area contributed by atoms with Gasteiger partial charge < -0.3 is 10.1 Å². The summed E-state index contributed by atoms with van der Waals surface area (Å²) >= 11 is 9.62. The lowest BCUT2D eigenvalue weighted by Crippen LogP contribution is -2.26. The van der Waals surface area contributed by atoms with Gasteiger partial charge in [-0.1, -0.05) is 39.0 Å². The molecule has 1 saturated heterocycles. The first-order valence-corrected chi connectivity index (χ1v) is 79.2. The zero-order valence-corrected chi connectivity index (χ0v) is 75.1. The molecule has 2 unspecified atom stereocenters. The molecule has 51 heteroatoms. The highest BCUT2D eigenvalue weighted by molar-refractivity contribution is 8.82. The van der Waals surface area contributed by atoms with Crippen LogP contribution in [-0.2, 0) is 450 Å². The Morgan fingerprint density at radius 3 is 1.07 bits per heavy atom. The predicted octanol–water partition coefficient (Wildman–Crippen LogP) is 4.49. The van der Waals surface area contributed by atoms with Gasteiger partial charge in [-0.2, -0.15) is 0 Å². The van der Waals surface area contributed by atoms with Gasteiger partial charge in [-0.05, 0) is 61.9 Å². The van der Waals surface area contributed by atoms with Crippen LogP contribution >= 0.6 is 0 Å². The third kappa shape index (κ3) is 39.1. The van der Waals surface area contributed by atoms with Crippen molar-refractivity contribution >= 4 is 428 Å². The molecule has 2 bridgehead atoms. The van der Waals surface area contributed by atoms with Crippen LogP contribution in [0.2, 0.25) is 0 Å². The van der Waals surface area contributed by atoms with Crippen LogP contribution in [0.15, 0.2) is 36.5 Å². The summed E-state index contributed by atoms with van der Waals surface area (Å²) in [6.45, 7) is 11.3. The number of amides is 1. The van der Waals surface area contributed by atoms with Crippen molar-refractivity contribution in [2.24, 2.45) is 0 Å². The molecule has 2 aromatic rings. The lowest BCUT2D eigenvalue weighted by Gasteiger charge is -2.23. The molecule has 0 saturated carbocycles. The summed E-state index contributed by atoms with van der Waals surface area (Å²) in [6.07, 6.45) is 4.64. The van der Waals surface area contributed by atoms with Gasteiger partial charge in [-0.25, -0.2) is 0 Å². The highest BCUT2D eigenvalue weighted by Crippen LogP contribution is 2.58. The van der Waals surface area contributed by atoms with E-state index in [0.717, 1.165) is 25.0 Å². The van der Waals surface area contributed by atoms with Crippen molar-refractivity contribution in [1.29, 1.82) is 0 Å². The highest BCUT2D eigenvalue weighted by Gasteiger charge is 2.54. The van der Waals surface area contributed by atoms with Gasteiger partial charge in [-0.3, -0.25) is 9.78 Å². The molecule has 0 aliphatic carbocycles. The minimum atomic E-state index is -0.149. The molecular weight excluding hydrogens is 1860 g/mol. The van der Waals surface area contributed by atoms with Crippen LogP contribution in [0.25, 0.3) is 0 Å². The molecule has 0 spiro atoms. The molecule has 0 radical (unpaired) electrons. The van der Waals surface area contributed by atoms with Gasteiger partial charge in [0, 0.05) is 446 Å². The molecule has 1 fully saturated rings. The molecule has 1 aromatic heterocycles. The van der Waals surface area contributed by atoms with E-state index in [0.29, 0.717) is 12.1 Å². The van der Waals surface area contributed by atoms with Gasteiger partial charge in [0.05, 0.1) is 16.8 Å². The largest absolute Gasteiger partial charge is 0.360 e. The van der Waals surface area contributed by atoms with E-state index < -0.39 is 0 Å². The summed E-state index contributed by atoms with van der Waals surface area (Å²) in [7, 11) is 80.2. The SMILES string of the molecule is CC(C)(C)c1ccc(C(=O)NCCc2ccc3c(c2)C2(C)CCC3(C)O2)cn1.S=S=S=S=S=S=S=S=S=S=S=S=S=S=S=S=S=S=S=S=S=S=S=S=S=S=S=S=S=S=S=S=S=S=S=S=S=S=S=S=S=S=S=S=S=S=S. The quantitative estimate of drug-likeness (QED) is 0.490. The maximum absolute atomic E-state index is 12.4. The summed E-state index contributed by atoms with van der Waals surface area (Å²) < 4.78 is 6.33. The molecule has 4 nitrogen and oxygen atoms in total. The Balaban J connectivity index is 0.000000443. The van der Waals surface area contributed by atoms with Crippen LogP contribution in [0.5, 0.6) is 0 Å². The second kappa shape index (κ2) is 51.8. The maximum atomic E-state index is 12.4. The van der Waals surface area contributed by atoms with E-state index in [1.54, 1.807) is 113 Å². The first-order chi connectivity index (χ1) is 36.5. The zero-order valence-electron chi connectivity index (χ0n) is 36.7. The Morgan fingerprint density at radius 2 is 0.787 bits per heavy atom. The lowest BCUT2D eigenvalue weighted by atomic mass is 9.77. The summed E-state index contributed by atoms with van der Waals surface area (Å²) in [5, 5.41) is 3.01. The topological polar surface area (TPSA) is 51.2 Å². The summed E-state index contributed by atoms with van der Waals surface area (Å²) in [4.78, 5) is 16.8. The van der Waals surface area contributed by atoms with Crippen LogP contribution in [0.3, 0.4) is 0 Å². The molecule has 2 aliphatic rings. The van der Waals surface area contributed by atoms with E-state index in [4.69, 9.17) is 27.1 Å². The fourth-order valence-corrected chi connectivity index (χ4v) is 123. The van der Waals surface area contributed by atoms with Crippen LogP contribution in [0.4, 0.5) is 0 Å². The van der Waals surface area contributed by atoms with Gasteiger partial charge >= 0.3 is 0 Å². The van der Waals surface area contributed by atoms with Crippen LogP contribution in [0, 0.1) is 0 Å². The summed E-state index contributed by atoms with van der Waals surface area (Å²) in [5.74, 6) is -0.0732. The van der Waals surface area contributed by atoms with Crippen molar-refractivity contribution in [3.8, 4) is 0 Å². The molecule has 2 aliphatic heterocycles. The standard InChI is InChI=1S/C24H30N2O2.S47/c1-22(2,3)20-9-7-17(15-26-20)21(27)25-13-10-16-6-8-18-19(14-16)24(5)12-11-23(18,4)28-24;1-3-5-7-9-11-13-15-17-19-21-23-25-27-29-31-33-35-37-39-41-43-45-47-46-44-42-40-38-36-34-32-30-28-26-24-22-20-18-16-14-12-10-8-6-4-2/h6-9,14-15H,10-13H2,1-5H3,(H,25,27);. The van der Waals surface area contributed by atoms with E-state index >= 15 is 0 Å². The second-order valence-electron chi connectivity index (χ2n) is 12.7. The van der Waals surface area contributed by atoms with Crippen LogP contribution in [0.1, 0.15) is 80.2 Å². The van der Waals surface area contributed by atoms with Gasteiger partial charge in [-0.15, -0.1) is 0 Å². The molecule has 430 valence electrons. The third-order valence-electron chi connectivity index (χ3n) is 7.47. The Morgan fingerprint density at radius 1 is 0.480 bits per heavy atom. The number of benzene rings is 1. The number of pyridine rings is 1. The molecule has 1 N–H and O–H groups in total. The number of carbonyl (C=O) groups is 1. The average molecular weight is 1890 g/mol. The Kier molecular flexibility index (Phi) is 53.5. The number of aromatic nitrogens is 1. The fraction of sp³-hybridized carbons (Fsp3) is 0.500. The van der Waals surface area contributed by atoms with Crippen LogP contribution < -0.4 is 5.32 Å². The number of hydrogen-bond donors (Lipinski definition) is 1. The van der Waals surface area contributed by atoms with Crippen molar-refractivity contribution in [2.75, 3.05) is 6.54 Å². The first kappa shape index (κ1) is 77.4. The normalized spacial score (nSPS) is 14.4. The Bertz CT molecular complexity index is 4430. The van der Waals surface area contributed by atoms with Gasteiger partial charge in [0.2, 0.25) is 0 Å². The summed E-state index contributed by atoms with van der Waals surface area (Å²) in [6, 6.07) is 10.4. The van der Waals surface area contributed by atoms with Gasteiger partial charge in [0.25, 0.3) is 5.91 Å². The molecule has 3 heterocycles. The predicted molar refractivity (Wildman–Crippen MR) is 457 cm³/mol. The van der Waals surface area contributed by atoms with E-state index in [9.17, 15) is 4.79 Å².